The van der Waals surface area contributed by atoms with Gasteiger partial charge in [0.05, 0.1) is 0 Å². The second-order valence-electron chi connectivity index (χ2n) is 3.28. The van der Waals surface area contributed by atoms with Crippen LogP contribution in [0.15, 0.2) is 30.3 Å². The molecule has 1 N–H and O–H groups in total. The van der Waals surface area contributed by atoms with E-state index in [-0.39, 0.29) is 5.75 Å². The summed E-state index contributed by atoms with van der Waals surface area (Å²) in [6.45, 7) is 2.03. The van der Waals surface area contributed by atoms with Gasteiger partial charge in [0.2, 0.25) is 0 Å². The molecule has 0 aliphatic rings. The van der Waals surface area contributed by atoms with Crippen molar-refractivity contribution in [3.05, 3.63) is 41.5 Å². The SMILES string of the molecule is CCC=Cc1cccc(CS(=O)(=O)O)c1. The zero-order valence-corrected chi connectivity index (χ0v) is 9.37. The maximum atomic E-state index is 10.7. The first-order valence-electron chi connectivity index (χ1n) is 4.72. The van der Waals surface area contributed by atoms with Gasteiger partial charge in [-0.1, -0.05) is 43.3 Å². The van der Waals surface area contributed by atoms with Gasteiger partial charge >= 0.3 is 0 Å². The highest BCUT2D eigenvalue weighted by Crippen LogP contribution is 2.10. The van der Waals surface area contributed by atoms with Gasteiger partial charge < -0.3 is 0 Å². The number of benzene rings is 1. The van der Waals surface area contributed by atoms with Crippen LogP contribution in [0.1, 0.15) is 24.5 Å². The van der Waals surface area contributed by atoms with Crippen molar-refractivity contribution < 1.29 is 13.0 Å². The first kappa shape index (κ1) is 11.9. The third-order valence-corrected chi connectivity index (χ3v) is 2.54. The van der Waals surface area contributed by atoms with Gasteiger partial charge in [-0.05, 0) is 17.5 Å². The Labute approximate surface area is 90.2 Å². The van der Waals surface area contributed by atoms with Crippen molar-refractivity contribution >= 4 is 16.2 Å². The Morgan fingerprint density at radius 1 is 1.40 bits per heavy atom. The standard InChI is InChI=1S/C11H14O3S/c1-2-3-5-10-6-4-7-11(8-10)9-15(12,13)14/h3-8H,2,9H2,1H3,(H,12,13,14). The van der Waals surface area contributed by atoms with Crippen molar-refractivity contribution in [3.63, 3.8) is 0 Å². The molecule has 15 heavy (non-hydrogen) atoms. The molecule has 82 valence electrons. The van der Waals surface area contributed by atoms with Gasteiger partial charge in [-0.2, -0.15) is 8.42 Å². The molecule has 0 atom stereocenters. The summed E-state index contributed by atoms with van der Waals surface area (Å²) in [4.78, 5) is 0. The molecule has 0 bridgehead atoms. The minimum Gasteiger partial charge on any atom is -0.285 e. The van der Waals surface area contributed by atoms with Crippen molar-refractivity contribution in [2.75, 3.05) is 0 Å². The average Bonchev–Trinajstić information content (AvgIpc) is 2.12. The van der Waals surface area contributed by atoms with Crippen LogP contribution in [0.2, 0.25) is 0 Å². The lowest BCUT2D eigenvalue weighted by Gasteiger charge is -1.99. The van der Waals surface area contributed by atoms with E-state index in [9.17, 15) is 8.42 Å². The van der Waals surface area contributed by atoms with Crippen molar-refractivity contribution in [2.45, 2.75) is 19.1 Å². The molecule has 0 amide bonds. The number of rotatable bonds is 4. The van der Waals surface area contributed by atoms with Gasteiger partial charge in [-0.3, -0.25) is 4.55 Å². The van der Waals surface area contributed by atoms with Crippen LogP contribution in [-0.2, 0) is 15.9 Å². The minimum absolute atomic E-state index is 0.333. The monoisotopic (exact) mass is 226 g/mol. The van der Waals surface area contributed by atoms with E-state index in [0.29, 0.717) is 5.56 Å². The van der Waals surface area contributed by atoms with E-state index in [2.05, 4.69) is 0 Å². The summed E-state index contributed by atoms with van der Waals surface area (Å²) in [6.07, 6.45) is 4.85. The van der Waals surface area contributed by atoms with Gasteiger partial charge in [-0.25, -0.2) is 0 Å². The predicted octanol–water partition coefficient (Wildman–Crippen LogP) is 2.50. The Bertz CT molecular complexity index is 447. The highest BCUT2D eigenvalue weighted by molar-refractivity contribution is 7.85. The van der Waals surface area contributed by atoms with Crippen LogP contribution < -0.4 is 0 Å². The second kappa shape index (κ2) is 5.09. The highest BCUT2D eigenvalue weighted by Gasteiger charge is 2.05. The molecule has 0 saturated heterocycles. The van der Waals surface area contributed by atoms with Gasteiger partial charge in [0, 0.05) is 0 Å². The molecular weight excluding hydrogens is 212 g/mol. The molecule has 0 aromatic heterocycles. The molecule has 1 aromatic rings. The van der Waals surface area contributed by atoms with Gasteiger partial charge in [0.25, 0.3) is 10.1 Å². The topological polar surface area (TPSA) is 54.4 Å². The molecule has 4 heteroatoms. The van der Waals surface area contributed by atoms with E-state index in [0.717, 1.165) is 12.0 Å². The Hall–Kier alpha value is -1.13. The fourth-order valence-electron chi connectivity index (χ4n) is 1.25. The molecule has 3 nitrogen and oxygen atoms in total. The zero-order chi connectivity index (χ0) is 11.3. The highest BCUT2D eigenvalue weighted by atomic mass is 32.2. The van der Waals surface area contributed by atoms with Crippen LogP contribution in [-0.4, -0.2) is 13.0 Å². The smallest absolute Gasteiger partial charge is 0.269 e. The minimum atomic E-state index is -3.94. The molecule has 0 saturated carbocycles. The lowest BCUT2D eigenvalue weighted by molar-refractivity contribution is 0.482. The quantitative estimate of drug-likeness (QED) is 0.802. The fourth-order valence-corrected chi connectivity index (χ4v) is 1.85. The van der Waals surface area contributed by atoms with Crippen LogP contribution in [0.5, 0.6) is 0 Å². The van der Waals surface area contributed by atoms with E-state index >= 15 is 0 Å². The summed E-state index contributed by atoms with van der Waals surface area (Å²) in [7, 11) is -3.94. The molecule has 0 heterocycles. The zero-order valence-electron chi connectivity index (χ0n) is 8.55. The van der Waals surface area contributed by atoms with E-state index in [1.807, 2.05) is 25.1 Å². The number of allylic oxidation sites excluding steroid dienone is 1. The molecule has 0 aliphatic carbocycles. The summed E-state index contributed by atoms with van der Waals surface area (Å²) in [5, 5.41) is 0. The maximum absolute atomic E-state index is 10.7. The lowest BCUT2D eigenvalue weighted by Crippen LogP contribution is -2.01. The largest absolute Gasteiger partial charge is 0.285 e. The Morgan fingerprint density at radius 2 is 2.13 bits per heavy atom. The van der Waals surface area contributed by atoms with E-state index in [1.54, 1.807) is 18.2 Å². The average molecular weight is 226 g/mol. The molecule has 0 aliphatic heterocycles. The lowest BCUT2D eigenvalue weighted by atomic mass is 10.1. The van der Waals surface area contributed by atoms with E-state index in [1.165, 1.54) is 0 Å². The number of hydrogen-bond acceptors (Lipinski definition) is 2. The molecule has 1 aromatic carbocycles. The summed E-state index contributed by atoms with van der Waals surface area (Å²) in [5.74, 6) is -0.333. The third-order valence-electron chi connectivity index (χ3n) is 1.85. The fraction of sp³-hybridized carbons (Fsp3) is 0.273. The van der Waals surface area contributed by atoms with E-state index < -0.39 is 10.1 Å². The molecule has 0 unspecified atom stereocenters. The Kier molecular flexibility index (Phi) is 4.05. The van der Waals surface area contributed by atoms with Crippen molar-refractivity contribution in [3.8, 4) is 0 Å². The Balaban J connectivity index is 2.88. The summed E-state index contributed by atoms with van der Waals surface area (Å²) in [5.41, 5.74) is 1.54. The summed E-state index contributed by atoms with van der Waals surface area (Å²) < 4.78 is 30.0. The van der Waals surface area contributed by atoms with Gasteiger partial charge in [0.1, 0.15) is 5.75 Å². The predicted molar refractivity (Wildman–Crippen MR) is 61.0 cm³/mol. The molecular formula is C11H14O3S. The van der Waals surface area contributed by atoms with Gasteiger partial charge in [0.15, 0.2) is 0 Å². The van der Waals surface area contributed by atoms with Crippen LogP contribution in [0, 0.1) is 0 Å². The third kappa shape index (κ3) is 4.76. The van der Waals surface area contributed by atoms with Crippen molar-refractivity contribution in [2.24, 2.45) is 0 Å². The molecule has 0 fully saturated rings. The van der Waals surface area contributed by atoms with Crippen LogP contribution in [0.3, 0.4) is 0 Å². The van der Waals surface area contributed by atoms with Crippen molar-refractivity contribution in [1.82, 2.24) is 0 Å². The second-order valence-corrected chi connectivity index (χ2v) is 4.73. The molecule has 0 spiro atoms. The Morgan fingerprint density at radius 3 is 2.73 bits per heavy atom. The van der Waals surface area contributed by atoms with Crippen LogP contribution >= 0.6 is 0 Å². The maximum Gasteiger partial charge on any atom is 0.269 e. The van der Waals surface area contributed by atoms with Crippen molar-refractivity contribution in [1.29, 1.82) is 0 Å². The first-order chi connectivity index (χ1) is 7.01. The summed E-state index contributed by atoms with van der Waals surface area (Å²) in [6, 6.07) is 7.09. The van der Waals surface area contributed by atoms with Gasteiger partial charge in [-0.15, -0.1) is 0 Å². The molecule has 0 radical (unpaired) electrons. The van der Waals surface area contributed by atoms with E-state index in [4.69, 9.17) is 4.55 Å². The van der Waals surface area contributed by atoms with Crippen LogP contribution in [0.4, 0.5) is 0 Å². The first-order valence-corrected chi connectivity index (χ1v) is 6.33. The van der Waals surface area contributed by atoms with Crippen LogP contribution in [0.25, 0.3) is 6.08 Å². The summed E-state index contributed by atoms with van der Waals surface area (Å²) >= 11 is 0. The normalized spacial score (nSPS) is 12.1. The number of hydrogen-bond donors (Lipinski definition) is 1. The molecule has 1 rings (SSSR count).